The average molecular weight is 348 g/mol. The highest BCUT2D eigenvalue weighted by molar-refractivity contribution is 8.00. The number of aromatic nitrogens is 2. The van der Waals surface area contributed by atoms with Crippen molar-refractivity contribution in [1.29, 1.82) is 0 Å². The molecule has 1 amide bonds. The van der Waals surface area contributed by atoms with Crippen molar-refractivity contribution in [2.45, 2.75) is 23.6 Å². The molecule has 0 aliphatic carbocycles. The van der Waals surface area contributed by atoms with Gasteiger partial charge in [-0.3, -0.25) is 4.79 Å². The first-order valence-corrected chi connectivity index (χ1v) is 9.51. The van der Waals surface area contributed by atoms with Crippen molar-refractivity contribution in [1.82, 2.24) is 14.9 Å². The summed E-state index contributed by atoms with van der Waals surface area (Å²) in [5.41, 5.74) is 0. The van der Waals surface area contributed by atoms with Gasteiger partial charge in [0.1, 0.15) is 0 Å². The molecule has 3 heterocycles. The van der Waals surface area contributed by atoms with Crippen LogP contribution in [0, 0.1) is 0 Å². The maximum atomic E-state index is 12.7. The highest BCUT2D eigenvalue weighted by Crippen LogP contribution is 2.23. The average Bonchev–Trinajstić information content (AvgIpc) is 3.00. The molecule has 23 heavy (non-hydrogen) atoms. The number of carbonyl (C=O) groups excluding carboxylic acids is 1. The van der Waals surface area contributed by atoms with Crippen molar-refractivity contribution in [2.24, 2.45) is 0 Å². The summed E-state index contributed by atoms with van der Waals surface area (Å²) < 4.78 is 0. The summed E-state index contributed by atoms with van der Waals surface area (Å²) in [7, 11) is 0. The quantitative estimate of drug-likeness (QED) is 0.795. The Bertz CT molecular complexity index is 620. The SMILES string of the molecule is C[C@@H](Sc1ccccn1)C(=O)N1CCCN(c2nccs2)CC1. The van der Waals surface area contributed by atoms with Crippen LogP contribution in [0.2, 0.25) is 0 Å². The van der Waals surface area contributed by atoms with Crippen LogP contribution in [0.3, 0.4) is 0 Å². The van der Waals surface area contributed by atoms with Crippen LogP contribution in [0.25, 0.3) is 0 Å². The smallest absolute Gasteiger partial charge is 0.235 e. The van der Waals surface area contributed by atoms with Gasteiger partial charge in [-0.2, -0.15) is 0 Å². The maximum absolute atomic E-state index is 12.7. The van der Waals surface area contributed by atoms with Gasteiger partial charge in [-0.15, -0.1) is 11.3 Å². The van der Waals surface area contributed by atoms with Gasteiger partial charge in [0.15, 0.2) is 5.13 Å². The third-order valence-corrected chi connectivity index (χ3v) is 5.65. The lowest BCUT2D eigenvalue weighted by Gasteiger charge is -2.24. The minimum Gasteiger partial charge on any atom is -0.346 e. The Morgan fingerprint density at radius 1 is 1.22 bits per heavy atom. The molecule has 1 fully saturated rings. The third-order valence-electron chi connectivity index (χ3n) is 3.78. The number of pyridine rings is 1. The van der Waals surface area contributed by atoms with Crippen LogP contribution in [0.5, 0.6) is 0 Å². The number of hydrogen-bond donors (Lipinski definition) is 0. The maximum Gasteiger partial charge on any atom is 0.235 e. The lowest BCUT2D eigenvalue weighted by Crippen LogP contribution is -2.39. The number of amides is 1. The predicted molar refractivity (Wildman–Crippen MR) is 95.1 cm³/mol. The van der Waals surface area contributed by atoms with Gasteiger partial charge in [-0.25, -0.2) is 9.97 Å². The van der Waals surface area contributed by atoms with Crippen LogP contribution < -0.4 is 4.90 Å². The van der Waals surface area contributed by atoms with E-state index < -0.39 is 0 Å². The first-order chi connectivity index (χ1) is 11.2. The molecule has 122 valence electrons. The molecule has 0 saturated carbocycles. The molecular formula is C16H20N4OS2. The molecule has 1 saturated heterocycles. The molecular weight excluding hydrogens is 328 g/mol. The number of anilines is 1. The van der Waals surface area contributed by atoms with E-state index in [2.05, 4.69) is 14.9 Å². The molecule has 0 bridgehead atoms. The molecule has 1 aliphatic heterocycles. The molecule has 3 rings (SSSR count). The minimum absolute atomic E-state index is 0.115. The molecule has 0 unspecified atom stereocenters. The second kappa shape index (κ2) is 7.79. The van der Waals surface area contributed by atoms with E-state index in [1.165, 1.54) is 11.8 Å². The summed E-state index contributed by atoms with van der Waals surface area (Å²) in [4.78, 5) is 25.6. The van der Waals surface area contributed by atoms with Crippen LogP contribution in [0.15, 0.2) is 41.0 Å². The molecule has 0 aromatic carbocycles. The zero-order valence-electron chi connectivity index (χ0n) is 13.1. The fourth-order valence-electron chi connectivity index (χ4n) is 2.61. The van der Waals surface area contributed by atoms with Crippen LogP contribution in [-0.2, 0) is 4.79 Å². The van der Waals surface area contributed by atoms with Gasteiger partial charge in [-0.1, -0.05) is 17.8 Å². The van der Waals surface area contributed by atoms with Crippen molar-refractivity contribution in [2.75, 3.05) is 31.1 Å². The third kappa shape index (κ3) is 4.23. The Morgan fingerprint density at radius 2 is 2.13 bits per heavy atom. The Labute approximate surface area is 144 Å². The lowest BCUT2D eigenvalue weighted by atomic mass is 10.3. The summed E-state index contributed by atoms with van der Waals surface area (Å²) in [6.07, 6.45) is 4.57. The molecule has 5 nitrogen and oxygen atoms in total. The van der Waals surface area contributed by atoms with E-state index >= 15 is 0 Å². The number of hydrogen-bond acceptors (Lipinski definition) is 6. The summed E-state index contributed by atoms with van der Waals surface area (Å²) in [5, 5.41) is 3.83. The number of nitrogens with zero attached hydrogens (tertiary/aromatic N) is 4. The molecule has 7 heteroatoms. The fourth-order valence-corrected chi connectivity index (χ4v) is 4.19. The fraction of sp³-hybridized carbons (Fsp3) is 0.438. The van der Waals surface area contributed by atoms with Gasteiger partial charge in [0.25, 0.3) is 0 Å². The van der Waals surface area contributed by atoms with Crippen molar-refractivity contribution in [3.05, 3.63) is 36.0 Å². The monoisotopic (exact) mass is 348 g/mol. The standard InChI is InChI=1S/C16H20N4OS2/c1-13(23-14-5-2-3-6-17-14)15(21)19-8-4-9-20(11-10-19)16-18-7-12-22-16/h2-3,5-7,12-13H,4,8-11H2,1H3/t13-/m1/s1. The van der Waals surface area contributed by atoms with Gasteiger partial charge >= 0.3 is 0 Å². The van der Waals surface area contributed by atoms with E-state index in [0.29, 0.717) is 0 Å². The largest absolute Gasteiger partial charge is 0.346 e. The van der Waals surface area contributed by atoms with Gasteiger partial charge in [0, 0.05) is 44.0 Å². The van der Waals surface area contributed by atoms with Crippen LogP contribution in [-0.4, -0.2) is 52.2 Å². The molecule has 0 N–H and O–H groups in total. The first kappa shape index (κ1) is 16.3. The van der Waals surface area contributed by atoms with E-state index in [9.17, 15) is 4.79 Å². The normalized spacial score (nSPS) is 16.9. The van der Waals surface area contributed by atoms with Crippen molar-refractivity contribution >= 4 is 34.1 Å². The Kier molecular flexibility index (Phi) is 5.51. The zero-order valence-corrected chi connectivity index (χ0v) is 14.7. The number of thiazole rings is 1. The highest BCUT2D eigenvalue weighted by Gasteiger charge is 2.24. The van der Waals surface area contributed by atoms with E-state index in [4.69, 9.17) is 0 Å². The molecule has 1 aliphatic rings. The number of rotatable bonds is 4. The van der Waals surface area contributed by atoms with Crippen molar-refractivity contribution in [3.63, 3.8) is 0 Å². The summed E-state index contributed by atoms with van der Waals surface area (Å²) in [6, 6.07) is 5.78. The van der Waals surface area contributed by atoms with Crippen molar-refractivity contribution in [3.8, 4) is 0 Å². The van der Waals surface area contributed by atoms with E-state index in [-0.39, 0.29) is 11.2 Å². The van der Waals surface area contributed by atoms with Crippen LogP contribution in [0.1, 0.15) is 13.3 Å². The number of thioether (sulfide) groups is 1. The van der Waals surface area contributed by atoms with E-state index in [1.807, 2.05) is 41.6 Å². The molecule has 0 spiro atoms. The molecule has 2 aromatic heterocycles. The Hall–Kier alpha value is -1.60. The molecule has 2 aromatic rings. The van der Waals surface area contributed by atoms with Gasteiger partial charge in [0.05, 0.1) is 10.3 Å². The zero-order chi connectivity index (χ0) is 16.1. The minimum atomic E-state index is -0.115. The van der Waals surface area contributed by atoms with Crippen LogP contribution >= 0.6 is 23.1 Å². The second-order valence-corrected chi connectivity index (χ2v) is 7.64. The van der Waals surface area contributed by atoms with Gasteiger partial charge in [0.2, 0.25) is 5.91 Å². The van der Waals surface area contributed by atoms with Crippen molar-refractivity contribution < 1.29 is 4.79 Å². The van der Waals surface area contributed by atoms with Gasteiger partial charge in [-0.05, 0) is 25.5 Å². The van der Waals surface area contributed by atoms with E-state index in [0.717, 1.165) is 42.8 Å². The second-order valence-electron chi connectivity index (χ2n) is 5.41. The Morgan fingerprint density at radius 3 is 2.87 bits per heavy atom. The topological polar surface area (TPSA) is 49.3 Å². The first-order valence-electron chi connectivity index (χ1n) is 7.75. The van der Waals surface area contributed by atoms with Crippen LogP contribution in [0.4, 0.5) is 5.13 Å². The van der Waals surface area contributed by atoms with E-state index in [1.54, 1.807) is 17.5 Å². The lowest BCUT2D eigenvalue weighted by molar-refractivity contribution is -0.130. The summed E-state index contributed by atoms with van der Waals surface area (Å²) >= 11 is 3.18. The summed E-state index contributed by atoms with van der Waals surface area (Å²) in [5.74, 6) is 0.196. The molecule has 0 radical (unpaired) electrons. The number of carbonyl (C=O) groups is 1. The highest BCUT2D eigenvalue weighted by atomic mass is 32.2. The van der Waals surface area contributed by atoms with Gasteiger partial charge < -0.3 is 9.80 Å². The molecule has 1 atom stereocenters. The Balaban J connectivity index is 1.57. The predicted octanol–water partition coefficient (Wildman–Crippen LogP) is 2.76. The summed E-state index contributed by atoms with van der Waals surface area (Å²) in [6.45, 7) is 5.34.